The van der Waals surface area contributed by atoms with Gasteiger partial charge < -0.3 is 5.11 Å². The highest BCUT2D eigenvalue weighted by atomic mass is 35.5. The maximum Gasteiger partial charge on any atom is 0.147 e. The molecule has 12 heavy (non-hydrogen) atoms. The van der Waals surface area contributed by atoms with Gasteiger partial charge in [0, 0.05) is 11.1 Å². The van der Waals surface area contributed by atoms with Gasteiger partial charge in [0.2, 0.25) is 0 Å². The van der Waals surface area contributed by atoms with Crippen LogP contribution >= 0.6 is 11.6 Å². The average Bonchev–Trinajstić information content (AvgIpc) is 2.06. The van der Waals surface area contributed by atoms with Crippen LogP contribution in [-0.4, -0.2) is 11.4 Å². The van der Waals surface area contributed by atoms with Gasteiger partial charge in [-0.3, -0.25) is 4.79 Å². The molecule has 0 heterocycles. The van der Waals surface area contributed by atoms with Crippen molar-refractivity contribution in [3.05, 3.63) is 22.4 Å². The van der Waals surface area contributed by atoms with Crippen molar-refractivity contribution in [2.75, 3.05) is 0 Å². The summed E-state index contributed by atoms with van der Waals surface area (Å²) in [6.07, 6.45) is 3.37. The Kier molecular flexibility index (Phi) is 2.93. The summed E-state index contributed by atoms with van der Waals surface area (Å²) in [4.78, 5) is 10.6. The van der Waals surface area contributed by atoms with E-state index < -0.39 is 0 Å². The molecule has 0 saturated heterocycles. The number of aldehydes is 1. The Morgan fingerprint density at radius 2 is 2.33 bits per heavy atom. The van der Waals surface area contributed by atoms with Crippen molar-refractivity contribution in [3.8, 4) is 0 Å². The quantitative estimate of drug-likeness (QED) is 0.505. The van der Waals surface area contributed by atoms with E-state index in [9.17, 15) is 4.79 Å². The van der Waals surface area contributed by atoms with Gasteiger partial charge in [-0.15, -0.1) is 0 Å². The van der Waals surface area contributed by atoms with Crippen molar-refractivity contribution >= 4 is 17.9 Å². The van der Waals surface area contributed by atoms with Crippen LogP contribution in [0.25, 0.3) is 0 Å². The van der Waals surface area contributed by atoms with E-state index in [0.717, 1.165) is 25.4 Å². The summed E-state index contributed by atoms with van der Waals surface area (Å²) in [5, 5.41) is 9.19. The lowest BCUT2D eigenvalue weighted by Crippen LogP contribution is -2.10. The molecule has 2 nitrogen and oxygen atoms in total. The topological polar surface area (TPSA) is 37.3 Å². The molecule has 1 unspecified atom stereocenters. The Morgan fingerprint density at radius 1 is 1.67 bits per heavy atom. The molecule has 1 N–H and O–H groups in total. The van der Waals surface area contributed by atoms with Crippen molar-refractivity contribution in [1.29, 1.82) is 0 Å². The summed E-state index contributed by atoms with van der Waals surface area (Å²) < 4.78 is 0. The number of carbonyl (C=O) groups is 1. The number of carbonyl (C=O) groups excluding carboxylic acids is 1. The number of hydrogen-bond donors (Lipinski definition) is 1. The van der Waals surface area contributed by atoms with Crippen LogP contribution in [0.4, 0.5) is 0 Å². The summed E-state index contributed by atoms with van der Waals surface area (Å²) in [5.74, 6) is 0.207. The highest BCUT2D eigenvalue weighted by molar-refractivity contribution is 6.33. The molecule has 1 rings (SSSR count). The molecule has 1 aliphatic carbocycles. The van der Waals surface area contributed by atoms with Crippen LogP contribution in [0.15, 0.2) is 22.4 Å². The third-order valence-corrected chi connectivity index (χ3v) is 2.66. The van der Waals surface area contributed by atoms with E-state index in [0.29, 0.717) is 16.2 Å². The number of aliphatic hydroxyl groups excluding tert-OH is 1. The van der Waals surface area contributed by atoms with Crippen LogP contribution in [-0.2, 0) is 4.79 Å². The fourth-order valence-electron chi connectivity index (χ4n) is 1.33. The molecular weight excluding hydrogens is 176 g/mol. The number of aliphatic hydroxyl groups is 1. The van der Waals surface area contributed by atoms with E-state index in [2.05, 4.69) is 0 Å². The van der Waals surface area contributed by atoms with E-state index >= 15 is 0 Å². The van der Waals surface area contributed by atoms with Gasteiger partial charge in [0.05, 0.1) is 11.3 Å². The minimum absolute atomic E-state index is 0.207. The molecule has 1 atom stereocenters. The zero-order valence-electron chi connectivity index (χ0n) is 6.88. The van der Waals surface area contributed by atoms with Crippen molar-refractivity contribution in [3.63, 3.8) is 0 Å². The van der Waals surface area contributed by atoms with Crippen LogP contribution in [0, 0.1) is 5.92 Å². The molecular formula is C9H11ClO2. The molecule has 1 aliphatic rings. The van der Waals surface area contributed by atoms with Gasteiger partial charge in [0.25, 0.3) is 0 Å². The lowest BCUT2D eigenvalue weighted by atomic mass is 9.87. The third-order valence-electron chi connectivity index (χ3n) is 2.20. The smallest absolute Gasteiger partial charge is 0.147 e. The molecule has 0 fully saturated rings. The van der Waals surface area contributed by atoms with E-state index in [4.69, 9.17) is 16.7 Å². The minimum atomic E-state index is 0.207. The Labute approximate surface area is 76.5 Å². The minimum Gasteiger partial charge on any atom is -0.515 e. The molecule has 66 valence electrons. The van der Waals surface area contributed by atoms with Gasteiger partial charge in [-0.25, -0.2) is 0 Å². The first-order valence-electron chi connectivity index (χ1n) is 3.89. The van der Waals surface area contributed by atoms with Crippen molar-refractivity contribution < 1.29 is 9.90 Å². The second-order valence-electron chi connectivity index (χ2n) is 2.98. The molecule has 0 aromatic carbocycles. The van der Waals surface area contributed by atoms with Gasteiger partial charge in [0.1, 0.15) is 6.29 Å². The molecule has 0 amide bonds. The highest BCUT2D eigenvalue weighted by Gasteiger charge is 2.21. The van der Waals surface area contributed by atoms with Crippen molar-refractivity contribution in [1.82, 2.24) is 0 Å². The first-order valence-corrected chi connectivity index (χ1v) is 4.27. The van der Waals surface area contributed by atoms with Crippen LogP contribution in [0.5, 0.6) is 0 Å². The molecule has 3 heteroatoms. The molecule has 0 saturated carbocycles. The largest absolute Gasteiger partial charge is 0.515 e. The van der Waals surface area contributed by atoms with E-state index in [1.165, 1.54) is 0 Å². The Bertz CT molecular complexity index is 253. The zero-order chi connectivity index (χ0) is 9.14. The normalized spacial score (nSPS) is 27.8. The maximum atomic E-state index is 10.6. The van der Waals surface area contributed by atoms with Crippen LogP contribution in [0.2, 0.25) is 0 Å². The molecule has 0 aliphatic heterocycles. The van der Waals surface area contributed by atoms with Gasteiger partial charge in [-0.1, -0.05) is 18.5 Å². The summed E-state index contributed by atoms with van der Waals surface area (Å²) in [5.41, 5.74) is 1.26. The van der Waals surface area contributed by atoms with Crippen LogP contribution < -0.4 is 0 Å². The summed E-state index contributed by atoms with van der Waals surface area (Å²) in [7, 11) is 0. The van der Waals surface area contributed by atoms with Gasteiger partial charge in [-0.2, -0.15) is 0 Å². The molecule has 0 spiro atoms. The SMILES string of the molecule is CC1CC/C(=C/O)C(Cl)=C1C=O. The number of halogens is 1. The highest BCUT2D eigenvalue weighted by Crippen LogP contribution is 2.34. The van der Waals surface area contributed by atoms with Crippen LogP contribution in [0.3, 0.4) is 0 Å². The van der Waals surface area contributed by atoms with E-state index in [-0.39, 0.29) is 5.92 Å². The van der Waals surface area contributed by atoms with Crippen molar-refractivity contribution in [2.24, 2.45) is 5.92 Å². The van der Waals surface area contributed by atoms with E-state index in [1.807, 2.05) is 6.92 Å². The lowest BCUT2D eigenvalue weighted by molar-refractivity contribution is -0.105. The monoisotopic (exact) mass is 186 g/mol. The van der Waals surface area contributed by atoms with Gasteiger partial charge in [-0.05, 0) is 18.8 Å². The number of rotatable bonds is 1. The van der Waals surface area contributed by atoms with Gasteiger partial charge >= 0.3 is 0 Å². The molecule has 0 aromatic rings. The lowest BCUT2D eigenvalue weighted by Gasteiger charge is -2.20. The van der Waals surface area contributed by atoms with Gasteiger partial charge in [0.15, 0.2) is 0 Å². The third kappa shape index (κ3) is 1.53. The summed E-state index contributed by atoms with van der Waals surface area (Å²) >= 11 is 5.86. The molecule has 0 bridgehead atoms. The summed E-state index contributed by atoms with van der Waals surface area (Å²) in [6.45, 7) is 1.96. The second-order valence-corrected chi connectivity index (χ2v) is 3.36. The second kappa shape index (κ2) is 3.76. The number of allylic oxidation sites excluding steroid dienone is 3. The fourth-order valence-corrected chi connectivity index (χ4v) is 1.70. The summed E-state index contributed by atoms with van der Waals surface area (Å²) in [6, 6.07) is 0. The van der Waals surface area contributed by atoms with Crippen LogP contribution in [0.1, 0.15) is 19.8 Å². The Hall–Kier alpha value is -0.760. The first-order chi connectivity index (χ1) is 5.70. The van der Waals surface area contributed by atoms with E-state index in [1.54, 1.807) is 0 Å². The Morgan fingerprint density at radius 3 is 2.83 bits per heavy atom. The Balaban J connectivity index is 3.07. The molecule has 0 radical (unpaired) electrons. The fraction of sp³-hybridized carbons (Fsp3) is 0.444. The number of hydrogen-bond acceptors (Lipinski definition) is 2. The molecule has 0 aromatic heterocycles. The predicted molar refractivity (Wildman–Crippen MR) is 48.1 cm³/mol. The zero-order valence-corrected chi connectivity index (χ0v) is 7.64. The average molecular weight is 187 g/mol. The maximum absolute atomic E-state index is 10.6. The van der Waals surface area contributed by atoms with Crippen molar-refractivity contribution in [2.45, 2.75) is 19.8 Å². The standard InChI is InChI=1S/C9H11ClO2/c1-6-2-3-7(4-11)9(10)8(6)5-12/h4-6,11H,2-3H2,1H3/b7-4-. The first kappa shape index (κ1) is 9.33. The predicted octanol–water partition coefficient (Wildman–Crippen LogP) is 2.55.